The molecule has 1 amide bonds. The summed E-state index contributed by atoms with van der Waals surface area (Å²) >= 11 is 1.71. The summed E-state index contributed by atoms with van der Waals surface area (Å²) in [4.78, 5) is 18.4. The zero-order chi connectivity index (χ0) is 19.3. The Labute approximate surface area is 169 Å². The fourth-order valence-corrected chi connectivity index (χ4v) is 4.71. The van der Waals surface area contributed by atoms with Crippen LogP contribution < -0.4 is 5.32 Å². The van der Waals surface area contributed by atoms with Crippen molar-refractivity contribution in [3.8, 4) is 0 Å². The number of benzene rings is 2. The number of aryl methyl sites for hydroxylation is 1. The number of hydrogen-bond acceptors (Lipinski definition) is 4. The van der Waals surface area contributed by atoms with E-state index in [0.29, 0.717) is 19.2 Å². The maximum atomic E-state index is 12.8. The van der Waals surface area contributed by atoms with Crippen LogP contribution in [0.2, 0.25) is 0 Å². The molecule has 1 N–H and O–H groups in total. The van der Waals surface area contributed by atoms with E-state index in [-0.39, 0.29) is 5.91 Å². The van der Waals surface area contributed by atoms with Crippen LogP contribution >= 0.6 is 11.8 Å². The number of carbonyl (C=O) groups is 1. The summed E-state index contributed by atoms with van der Waals surface area (Å²) in [7, 11) is 0. The highest BCUT2D eigenvalue weighted by Gasteiger charge is 2.18. The zero-order valence-corrected chi connectivity index (χ0v) is 16.9. The number of ether oxygens (including phenoxy) is 1. The molecular formula is C22H25N3O2S. The third kappa shape index (κ3) is 4.23. The first-order valence-electron chi connectivity index (χ1n) is 9.76. The lowest BCUT2D eigenvalue weighted by Gasteiger charge is -2.13. The molecule has 146 valence electrons. The summed E-state index contributed by atoms with van der Waals surface area (Å²) in [6.07, 6.45) is 2.55. The number of rotatable bonds is 7. The predicted molar refractivity (Wildman–Crippen MR) is 113 cm³/mol. The minimum atomic E-state index is -0.0301. The largest absolute Gasteiger partial charge is 0.377 e. The maximum Gasteiger partial charge on any atom is 0.252 e. The average molecular weight is 396 g/mol. The fourth-order valence-electron chi connectivity index (χ4n) is 3.59. The second-order valence-corrected chi connectivity index (χ2v) is 8.06. The van der Waals surface area contributed by atoms with E-state index in [1.54, 1.807) is 11.8 Å². The van der Waals surface area contributed by atoms with Crippen molar-refractivity contribution >= 4 is 28.7 Å². The minimum absolute atomic E-state index is 0.0301. The Morgan fingerprint density at radius 3 is 2.93 bits per heavy atom. The molecule has 1 saturated heterocycles. The van der Waals surface area contributed by atoms with E-state index in [1.807, 2.05) is 49.4 Å². The van der Waals surface area contributed by atoms with Crippen LogP contribution in [-0.4, -0.2) is 40.5 Å². The van der Waals surface area contributed by atoms with Crippen molar-refractivity contribution in [3.63, 3.8) is 0 Å². The molecule has 1 atom stereocenters. The lowest BCUT2D eigenvalue weighted by molar-refractivity contribution is 0.0949. The zero-order valence-electron chi connectivity index (χ0n) is 16.1. The molecule has 1 aliphatic heterocycles. The number of hydrogen-bond donors (Lipinski definition) is 1. The van der Waals surface area contributed by atoms with Gasteiger partial charge in [-0.2, -0.15) is 0 Å². The van der Waals surface area contributed by atoms with Crippen molar-refractivity contribution in [2.24, 2.45) is 0 Å². The number of imidazole rings is 1. The Hall–Kier alpha value is -2.31. The van der Waals surface area contributed by atoms with Crippen LogP contribution in [0.15, 0.2) is 53.4 Å². The molecule has 0 radical (unpaired) electrons. The van der Waals surface area contributed by atoms with Gasteiger partial charge in [-0.3, -0.25) is 4.79 Å². The fraction of sp³-hybridized carbons (Fsp3) is 0.364. The van der Waals surface area contributed by atoms with Gasteiger partial charge in [0.25, 0.3) is 5.91 Å². The van der Waals surface area contributed by atoms with E-state index in [2.05, 4.69) is 20.9 Å². The summed E-state index contributed by atoms with van der Waals surface area (Å²) in [6, 6.07) is 15.9. The van der Waals surface area contributed by atoms with Crippen molar-refractivity contribution in [2.45, 2.75) is 37.3 Å². The molecule has 0 aliphatic carbocycles. The molecule has 0 saturated carbocycles. The highest BCUT2D eigenvalue weighted by Crippen LogP contribution is 2.26. The lowest BCUT2D eigenvalue weighted by Crippen LogP contribution is -2.28. The number of carbonyl (C=O) groups excluding carboxylic acids is 1. The second kappa shape index (κ2) is 8.80. The molecular weight excluding hydrogens is 370 g/mol. The number of nitrogens with one attached hydrogen (secondary N) is 1. The van der Waals surface area contributed by atoms with Gasteiger partial charge in [0, 0.05) is 30.3 Å². The van der Waals surface area contributed by atoms with Crippen molar-refractivity contribution in [2.75, 3.05) is 18.9 Å². The summed E-state index contributed by atoms with van der Waals surface area (Å²) in [6.45, 7) is 4.11. The van der Waals surface area contributed by atoms with E-state index in [1.165, 1.54) is 0 Å². The Morgan fingerprint density at radius 2 is 2.07 bits per heavy atom. The third-order valence-corrected chi connectivity index (χ3v) is 6.25. The minimum Gasteiger partial charge on any atom is -0.377 e. The Morgan fingerprint density at radius 1 is 1.25 bits per heavy atom. The van der Waals surface area contributed by atoms with E-state index >= 15 is 0 Å². The molecule has 0 spiro atoms. The van der Waals surface area contributed by atoms with Gasteiger partial charge in [-0.05, 0) is 44.0 Å². The molecule has 6 heteroatoms. The van der Waals surface area contributed by atoms with Gasteiger partial charge in [-0.15, -0.1) is 11.8 Å². The van der Waals surface area contributed by atoms with Crippen LogP contribution in [0.1, 0.15) is 29.0 Å². The first-order chi connectivity index (χ1) is 13.7. The lowest BCUT2D eigenvalue weighted by atomic mass is 10.2. The highest BCUT2D eigenvalue weighted by molar-refractivity contribution is 7.99. The van der Waals surface area contributed by atoms with Gasteiger partial charge in [0.1, 0.15) is 5.82 Å². The van der Waals surface area contributed by atoms with Crippen LogP contribution in [-0.2, 0) is 11.3 Å². The molecule has 3 aromatic rings. The van der Waals surface area contributed by atoms with Gasteiger partial charge in [0.15, 0.2) is 0 Å². The standard InChI is InChI=1S/C22H25N3O2S/c1-16-24-19-9-3-4-10-20(19)25(16)13-12-23-22(26)18-8-2-5-11-21(18)28-15-17-7-6-14-27-17/h2-5,8-11,17H,6-7,12-15H2,1H3,(H,23,26)/t17-/m1/s1. The average Bonchev–Trinajstić information content (AvgIpc) is 3.34. The van der Waals surface area contributed by atoms with Crippen LogP contribution in [0.4, 0.5) is 0 Å². The maximum absolute atomic E-state index is 12.8. The Kier molecular flexibility index (Phi) is 5.98. The number of para-hydroxylation sites is 2. The number of thioether (sulfide) groups is 1. The van der Waals surface area contributed by atoms with E-state index < -0.39 is 0 Å². The van der Waals surface area contributed by atoms with Gasteiger partial charge >= 0.3 is 0 Å². The molecule has 2 aromatic carbocycles. The molecule has 28 heavy (non-hydrogen) atoms. The molecule has 1 aliphatic rings. The first-order valence-corrected chi connectivity index (χ1v) is 10.7. The second-order valence-electron chi connectivity index (χ2n) is 7.00. The molecule has 0 bridgehead atoms. The van der Waals surface area contributed by atoms with Crippen LogP contribution in [0, 0.1) is 6.92 Å². The molecule has 0 unspecified atom stereocenters. The van der Waals surface area contributed by atoms with Crippen molar-refractivity contribution in [1.82, 2.24) is 14.9 Å². The van der Waals surface area contributed by atoms with E-state index in [9.17, 15) is 4.79 Å². The van der Waals surface area contributed by atoms with Crippen LogP contribution in [0.25, 0.3) is 11.0 Å². The van der Waals surface area contributed by atoms with E-state index in [4.69, 9.17) is 4.74 Å². The number of amides is 1. The van der Waals surface area contributed by atoms with Gasteiger partial charge in [0.05, 0.1) is 22.7 Å². The number of fused-ring (bicyclic) bond motifs is 1. The number of nitrogens with zero attached hydrogens (tertiary/aromatic N) is 2. The SMILES string of the molecule is Cc1nc2ccccc2n1CCNC(=O)c1ccccc1SC[C@H]1CCCO1. The van der Waals surface area contributed by atoms with Crippen molar-refractivity contribution in [3.05, 3.63) is 59.9 Å². The third-order valence-electron chi connectivity index (χ3n) is 5.05. The normalized spacial score (nSPS) is 16.5. The van der Waals surface area contributed by atoms with Crippen LogP contribution in [0.3, 0.4) is 0 Å². The molecule has 1 fully saturated rings. The topological polar surface area (TPSA) is 56.2 Å². The van der Waals surface area contributed by atoms with Crippen molar-refractivity contribution in [1.29, 1.82) is 0 Å². The predicted octanol–water partition coefficient (Wildman–Crippen LogP) is 4.05. The van der Waals surface area contributed by atoms with Crippen LogP contribution in [0.5, 0.6) is 0 Å². The first kappa shape index (κ1) is 19.0. The van der Waals surface area contributed by atoms with Gasteiger partial charge in [-0.25, -0.2) is 4.98 Å². The Bertz CT molecular complexity index is 963. The van der Waals surface area contributed by atoms with Crippen molar-refractivity contribution < 1.29 is 9.53 Å². The smallest absolute Gasteiger partial charge is 0.252 e. The summed E-state index contributed by atoms with van der Waals surface area (Å²) in [5, 5.41) is 3.07. The Balaban J connectivity index is 1.38. The quantitative estimate of drug-likeness (QED) is 0.613. The summed E-state index contributed by atoms with van der Waals surface area (Å²) in [5.74, 6) is 1.82. The van der Waals surface area contributed by atoms with Gasteiger partial charge in [0.2, 0.25) is 0 Å². The highest BCUT2D eigenvalue weighted by atomic mass is 32.2. The summed E-state index contributed by atoms with van der Waals surface area (Å²) in [5.41, 5.74) is 2.82. The monoisotopic (exact) mass is 395 g/mol. The molecule has 1 aromatic heterocycles. The van der Waals surface area contributed by atoms with Gasteiger partial charge in [-0.1, -0.05) is 24.3 Å². The molecule has 5 nitrogen and oxygen atoms in total. The molecule has 4 rings (SSSR count). The summed E-state index contributed by atoms with van der Waals surface area (Å²) < 4.78 is 7.84. The van der Waals surface area contributed by atoms with Gasteiger partial charge < -0.3 is 14.6 Å². The number of aromatic nitrogens is 2. The molecule has 2 heterocycles. The van der Waals surface area contributed by atoms with E-state index in [0.717, 1.165) is 52.5 Å².